The minimum absolute atomic E-state index is 0.307. The van der Waals surface area contributed by atoms with Gasteiger partial charge in [0.1, 0.15) is 0 Å². The second kappa shape index (κ2) is 3.83. The molecule has 1 fully saturated rings. The molecule has 0 spiro atoms. The number of imide groups is 2. The van der Waals surface area contributed by atoms with Gasteiger partial charge in [-0.1, -0.05) is 6.07 Å². The van der Waals surface area contributed by atoms with Crippen LogP contribution in [-0.2, 0) is 15.8 Å². The molecular formula is C10H5F3N2O3. The van der Waals surface area contributed by atoms with Crippen molar-refractivity contribution in [3.05, 3.63) is 29.8 Å². The molecule has 18 heavy (non-hydrogen) atoms. The first-order valence-electron chi connectivity index (χ1n) is 4.67. The van der Waals surface area contributed by atoms with Crippen LogP contribution in [0.3, 0.4) is 0 Å². The second-order valence-electron chi connectivity index (χ2n) is 3.45. The van der Waals surface area contributed by atoms with Crippen molar-refractivity contribution >= 4 is 23.5 Å². The highest BCUT2D eigenvalue weighted by atomic mass is 19.4. The Labute approximate surface area is 98.2 Å². The molecule has 0 radical (unpaired) electrons. The van der Waals surface area contributed by atoms with Gasteiger partial charge in [-0.15, -0.1) is 0 Å². The van der Waals surface area contributed by atoms with E-state index < -0.39 is 29.6 Å². The van der Waals surface area contributed by atoms with Gasteiger partial charge in [0.2, 0.25) is 0 Å². The Hall–Kier alpha value is -2.38. The maximum atomic E-state index is 12.5. The van der Waals surface area contributed by atoms with Gasteiger partial charge in [0.05, 0.1) is 11.3 Å². The van der Waals surface area contributed by atoms with Crippen LogP contribution in [-0.4, -0.2) is 17.8 Å². The Morgan fingerprint density at radius 3 is 2.28 bits per heavy atom. The molecule has 1 aliphatic heterocycles. The Balaban J connectivity index is 2.44. The number of benzene rings is 1. The minimum atomic E-state index is -4.60. The van der Waals surface area contributed by atoms with E-state index in [0.29, 0.717) is 11.0 Å². The number of carbonyl (C=O) groups excluding carboxylic acids is 3. The third kappa shape index (κ3) is 1.92. The number of anilines is 1. The van der Waals surface area contributed by atoms with Crippen LogP contribution in [0, 0.1) is 0 Å². The number of amides is 4. The average molecular weight is 258 g/mol. The molecular weight excluding hydrogens is 253 g/mol. The number of hydrogen-bond acceptors (Lipinski definition) is 3. The normalized spacial score (nSPS) is 16.2. The summed E-state index contributed by atoms with van der Waals surface area (Å²) in [5, 5.41) is 1.69. The third-order valence-corrected chi connectivity index (χ3v) is 2.25. The molecule has 4 amide bonds. The summed E-state index contributed by atoms with van der Waals surface area (Å²) < 4.78 is 37.4. The molecule has 5 nitrogen and oxygen atoms in total. The fourth-order valence-corrected chi connectivity index (χ4v) is 1.46. The van der Waals surface area contributed by atoms with E-state index in [9.17, 15) is 27.6 Å². The molecule has 0 bridgehead atoms. The molecule has 0 saturated carbocycles. The van der Waals surface area contributed by atoms with E-state index in [2.05, 4.69) is 0 Å². The van der Waals surface area contributed by atoms with Gasteiger partial charge in [0, 0.05) is 0 Å². The van der Waals surface area contributed by atoms with Crippen LogP contribution >= 0.6 is 0 Å². The van der Waals surface area contributed by atoms with Crippen molar-refractivity contribution in [2.45, 2.75) is 6.18 Å². The fraction of sp³-hybridized carbons (Fsp3) is 0.100. The summed E-state index contributed by atoms with van der Waals surface area (Å²) in [4.78, 5) is 33.8. The molecule has 1 aromatic rings. The summed E-state index contributed by atoms with van der Waals surface area (Å²) in [6.45, 7) is 0. The first-order chi connectivity index (χ1) is 8.30. The monoisotopic (exact) mass is 258 g/mol. The molecule has 1 aliphatic rings. The van der Waals surface area contributed by atoms with Crippen molar-refractivity contribution in [1.29, 1.82) is 0 Å². The first kappa shape index (κ1) is 12.1. The molecule has 0 aliphatic carbocycles. The highest BCUT2D eigenvalue weighted by Crippen LogP contribution is 2.32. The van der Waals surface area contributed by atoms with Gasteiger partial charge in [-0.25, -0.2) is 9.69 Å². The maximum absolute atomic E-state index is 12.5. The molecule has 2 rings (SSSR count). The van der Waals surface area contributed by atoms with Crippen LogP contribution in [0.15, 0.2) is 24.3 Å². The Kier molecular flexibility index (Phi) is 2.57. The number of hydrogen-bond donors (Lipinski definition) is 1. The van der Waals surface area contributed by atoms with Gasteiger partial charge >= 0.3 is 24.0 Å². The van der Waals surface area contributed by atoms with Crippen molar-refractivity contribution in [2.24, 2.45) is 0 Å². The zero-order chi connectivity index (χ0) is 13.5. The van der Waals surface area contributed by atoms with Gasteiger partial charge < -0.3 is 0 Å². The molecule has 1 heterocycles. The topological polar surface area (TPSA) is 66.5 Å². The molecule has 0 atom stereocenters. The third-order valence-electron chi connectivity index (χ3n) is 2.25. The number of urea groups is 1. The summed E-state index contributed by atoms with van der Waals surface area (Å²) in [5.41, 5.74) is -1.32. The molecule has 1 aromatic carbocycles. The highest BCUT2D eigenvalue weighted by Gasteiger charge is 2.39. The van der Waals surface area contributed by atoms with Crippen molar-refractivity contribution in [1.82, 2.24) is 5.32 Å². The minimum Gasteiger partial charge on any atom is -0.269 e. The smallest absolute Gasteiger partial charge is 0.269 e. The summed E-state index contributed by atoms with van der Waals surface area (Å²) in [5.74, 6) is -2.38. The van der Waals surface area contributed by atoms with Gasteiger partial charge in [-0.3, -0.25) is 14.9 Å². The zero-order valence-corrected chi connectivity index (χ0v) is 8.62. The fourth-order valence-electron chi connectivity index (χ4n) is 1.46. The number of nitrogens with zero attached hydrogens (tertiary/aromatic N) is 1. The quantitative estimate of drug-likeness (QED) is 0.609. The van der Waals surface area contributed by atoms with E-state index in [4.69, 9.17) is 0 Å². The van der Waals surface area contributed by atoms with Crippen LogP contribution in [0.4, 0.5) is 23.7 Å². The lowest BCUT2D eigenvalue weighted by Gasteiger charge is -2.13. The Morgan fingerprint density at radius 1 is 1.11 bits per heavy atom. The molecule has 94 valence electrons. The Bertz CT molecular complexity index is 554. The van der Waals surface area contributed by atoms with Crippen LogP contribution < -0.4 is 10.2 Å². The van der Waals surface area contributed by atoms with E-state index in [1.54, 1.807) is 5.32 Å². The van der Waals surface area contributed by atoms with Crippen molar-refractivity contribution in [3.8, 4) is 0 Å². The lowest BCUT2D eigenvalue weighted by Crippen LogP contribution is -2.30. The molecule has 8 heteroatoms. The largest absolute Gasteiger partial charge is 0.416 e. The second-order valence-corrected chi connectivity index (χ2v) is 3.45. The number of nitrogens with one attached hydrogen (secondary N) is 1. The van der Waals surface area contributed by atoms with E-state index in [0.717, 1.165) is 18.2 Å². The SMILES string of the molecule is O=C1NC(=O)N(c2cccc(C(F)(F)F)c2)C1=O. The van der Waals surface area contributed by atoms with Crippen molar-refractivity contribution in [3.63, 3.8) is 0 Å². The van der Waals surface area contributed by atoms with E-state index in [-0.39, 0.29) is 5.69 Å². The van der Waals surface area contributed by atoms with E-state index >= 15 is 0 Å². The lowest BCUT2D eigenvalue weighted by molar-refractivity contribution is -0.137. The molecule has 1 saturated heterocycles. The molecule has 1 N–H and O–H groups in total. The number of rotatable bonds is 1. The Morgan fingerprint density at radius 2 is 1.78 bits per heavy atom. The van der Waals surface area contributed by atoms with Gasteiger partial charge in [0.15, 0.2) is 0 Å². The van der Waals surface area contributed by atoms with Gasteiger partial charge in [-0.2, -0.15) is 13.2 Å². The van der Waals surface area contributed by atoms with E-state index in [1.807, 2.05) is 0 Å². The van der Waals surface area contributed by atoms with Crippen molar-refractivity contribution in [2.75, 3.05) is 4.90 Å². The summed E-state index contributed by atoms with van der Waals surface area (Å²) in [6, 6.07) is 2.52. The van der Waals surface area contributed by atoms with Gasteiger partial charge in [0.25, 0.3) is 0 Å². The van der Waals surface area contributed by atoms with Gasteiger partial charge in [-0.05, 0) is 18.2 Å². The standard InChI is InChI=1S/C10H5F3N2O3/c11-10(12,13)5-2-1-3-6(4-5)15-8(17)7(16)14-9(15)18/h1-4H,(H,14,16,18). The predicted octanol–water partition coefficient (Wildman–Crippen LogP) is 1.29. The summed E-state index contributed by atoms with van der Waals surface area (Å²) in [6.07, 6.45) is -4.60. The average Bonchev–Trinajstić information content (AvgIpc) is 2.52. The number of carbonyl (C=O) groups is 3. The maximum Gasteiger partial charge on any atom is 0.416 e. The first-order valence-corrected chi connectivity index (χ1v) is 4.67. The van der Waals surface area contributed by atoms with E-state index in [1.165, 1.54) is 0 Å². The van der Waals surface area contributed by atoms with Crippen molar-refractivity contribution < 1.29 is 27.6 Å². The number of alkyl halides is 3. The molecule has 0 aromatic heterocycles. The van der Waals surface area contributed by atoms with Crippen LogP contribution in [0.5, 0.6) is 0 Å². The summed E-state index contributed by atoms with van der Waals surface area (Å²) >= 11 is 0. The predicted molar refractivity (Wildman–Crippen MR) is 52.5 cm³/mol. The van der Waals surface area contributed by atoms with Crippen LogP contribution in [0.25, 0.3) is 0 Å². The number of halogens is 3. The lowest BCUT2D eigenvalue weighted by atomic mass is 10.2. The van der Waals surface area contributed by atoms with Crippen LogP contribution in [0.2, 0.25) is 0 Å². The molecule has 0 unspecified atom stereocenters. The highest BCUT2D eigenvalue weighted by molar-refractivity contribution is 6.53. The zero-order valence-electron chi connectivity index (χ0n) is 8.62. The van der Waals surface area contributed by atoms with Crippen LogP contribution in [0.1, 0.15) is 5.56 Å². The summed E-state index contributed by atoms with van der Waals surface area (Å²) in [7, 11) is 0.